The first-order valence-corrected chi connectivity index (χ1v) is 8.55. The first-order chi connectivity index (χ1) is 12.4. The molecule has 1 saturated heterocycles. The molecular formula is C19H21FN4O2. The van der Waals surface area contributed by atoms with Crippen LogP contribution in [0.4, 0.5) is 10.1 Å². The molecule has 0 radical (unpaired) electrons. The number of benzene rings is 1. The van der Waals surface area contributed by atoms with Crippen molar-refractivity contribution < 1.29 is 14.0 Å². The lowest BCUT2D eigenvalue weighted by Crippen LogP contribution is -2.45. The molecule has 1 aliphatic rings. The van der Waals surface area contributed by atoms with E-state index in [9.17, 15) is 14.0 Å². The largest absolute Gasteiger partial charge is 0.328 e. The maximum atomic E-state index is 13.0. The molecule has 1 fully saturated rings. The van der Waals surface area contributed by atoms with Gasteiger partial charge in [0.25, 0.3) is 0 Å². The first-order valence-electron chi connectivity index (χ1n) is 8.55. The fourth-order valence-electron chi connectivity index (χ4n) is 3.39. The van der Waals surface area contributed by atoms with Gasteiger partial charge < -0.3 is 10.2 Å². The Bertz CT molecular complexity index is 838. The molecule has 26 heavy (non-hydrogen) atoms. The highest BCUT2D eigenvalue weighted by Gasteiger charge is 2.37. The predicted molar refractivity (Wildman–Crippen MR) is 95.8 cm³/mol. The molecule has 0 unspecified atom stereocenters. The standard InChI is InChI=1S/C19H21FN4O2/c1-11-4-6-15(8-16(11)18-21-9-14(20)10-22-18)23-19(26)17-7-5-12(2)24(17)13(3)25/h4,6,8-10,12,17H,5,7H2,1-3H3,(H,23,26)/t12-,17-/m1/s1. The van der Waals surface area contributed by atoms with E-state index in [0.29, 0.717) is 23.5 Å². The maximum Gasteiger partial charge on any atom is 0.247 e. The number of aromatic nitrogens is 2. The quantitative estimate of drug-likeness (QED) is 0.917. The summed E-state index contributed by atoms with van der Waals surface area (Å²) in [5.41, 5.74) is 2.21. The van der Waals surface area contributed by atoms with Crippen LogP contribution in [0.25, 0.3) is 11.4 Å². The van der Waals surface area contributed by atoms with Crippen molar-refractivity contribution in [1.29, 1.82) is 0 Å². The predicted octanol–water partition coefficient (Wildman–Crippen LogP) is 2.93. The number of halogens is 1. The third kappa shape index (κ3) is 3.56. The van der Waals surface area contributed by atoms with E-state index >= 15 is 0 Å². The van der Waals surface area contributed by atoms with Crippen LogP contribution in [0.3, 0.4) is 0 Å². The summed E-state index contributed by atoms with van der Waals surface area (Å²) in [7, 11) is 0. The number of anilines is 1. The summed E-state index contributed by atoms with van der Waals surface area (Å²) >= 11 is 0. The normalized spacial score (nSPS) is 19.5. The van der Waals surface area contributed by atoms with Gasteiger partial charge in [-0.25, -0.2) is 14.4 Å². The summed E-state index contributed by atoms with van der Waals surface area (Å²) < 4.78 is 13.0. The van der Waals surface area contributed by atoms with E-state index in [1.165, 1.54) is 6.92 Å². The smallest absolute Gasteiger partial charge is 0.247 e. The van der Waals surface area contributed by atoms with Gasteiger partial charge in [-0.05, 0) is 44.4 Å². The number of hydrogen-bond acceptors (Lipinski definition) is 4. The van der Waals surface area contributed by atoms with Gasteiger partial charge in [0, 0.05) is 24.2 Å². The fraction of sp³-hybridized carbons (Fsp3) is 0.368. The van der Waals surface area contributed by atoms with Crippen molar-refractivity contribution in [3.8, 4) is 11.4 Å². The average molecular weight is 356 g/mol. The van der Waals surface area contributed by atoms with Crippen molar-refractivity contribution in [3.05, 3.63) is 42.0 Å². The molecule has 2 aromatic rings. The molecule has 1 N–H and O–H groups in total. The third-order valence-electron chi connectivity index (χ3n) is 4.70. The van der Waals surface area contributed by atoms with Crippen LogP contribution in [0.2, 0.25) is 0 Å². The van der Waals surface area contributed by atoms with Gasteiger partial charge in [0.05, 0.1) is 12.4 Å². The van der Waals surface area contributed by atoms with Crippen molar-refractivity contribution >= 4 is 17.5 Å². The van der Waals surface area contributed by atoms with E-state index in [-0.39, 0.29) is 17.9 Å². The third-order valence-corrected chi connectivity index (χ3v) is 4.70. The van der Waals surface area contributed by atoms with Crippen LogP contribution in [0, 0.1) is 12.7 Å². The topological polar surface area (TPSA) is 75.2 Å². The molecule has 2 atom stereocenters. The Labute approximate surface area is 151 Å². The second-order valence-corrected chi connectivity index (χ2v) is 6.61. The SMILES string of the molecule is CC(=O)N1[C@H](C)CC[C@@H]1C(=O)Nc1ccc(C)c(-c2ncc(F)cn2)c1. The van der Waals surface area contributed by atoms with E-state index in [2.05, 4.69) is 15.3 Å². The zero-order chi connectivity index (χ0) is 18.8. The van der Waals surface area contributed by atoms with E-state index in [1.807, 2.05) is 19.9 Å². The van der Waals surface area contributed by atoms with Crippen LogP contribution in [0.5, 0.6) is 0 Å². The lowest BCUT2D eigenvalue weighted by atomic mass is 10.1. The van der Waals surface area contributed by atoms with Gasteiger partial charge in [0.1, 0.15) is 6.04 Å². The number of carbonyl (C=O) groups excluding carboxylic acids is 2. The Morgan fingerprint density at radius 1 is 1.23 bits per heavy atom. The van der Waals surface area contributed by atoms with Gasteiger partial charge in [-0.2, -0.15) is 0 Å². The van der Waals surface area contributed by atoms with Gasteiger partial charge in [0.2, 0.25) is 11.8 Å². The molecule has 1 aromatic carbocycles. The highest BCUT2D eigenvalue weighted by molar-refractivity contribution is 5.97. The zero-order valence-corrected chi connectivity index (χ0v) is 15.0. The van der Waals surface area contributed by atoms with Crippen LogP contribution in [0.1, 0.15) is 32.3 Å². The minimum absolute atomic E-state index is 0.0597. The number of aryl methyl sites for hydroxylation is 1. The monoisotopic (exact) mass is 356 g/mol. The second-order valence-electron chi connectivity index (χ2n) is 6.61. The van der Waals surface area contributed by atoms with Crippen LogP contribution < -0.4 is 5.32 Å². The number of rotatable bonds is 3. The summed E-state index contributed by atoms with van der Waals surface area (Å²) in [6.07, 6.45) is 3.67. The molecule has 0 aliphatic carbocycles. The van der Waals surface area contributed by atoms with Gasteiger partial charge in [0.15, 0.2) is 11.6 Å². The highest BCUT2D eigenvalue weighted by Crippen LogP contribution is 2.27. The summed E-state index contributed by atoms with van der Waals surface area (Å²) in [6, 6.07) is 4.99. The van der Waals surface area contributed by atoms with Crippen LogP contribution >= 0.6 is 0 Å². The van der Waals surface area contributed by atoms with Crippen molar-refractivity contribution in [2.75, 3.05) is 5.32 Å². The number of amides is 2. The number of likely N-dealkylation sites (tertiary alicyclic amines) is 1. The number of hydrogen-bond donors (Lipinski definition) is 1. The fourth-order valence-corrected chi connectivity index (χ4v) is 3.39. The van der Waals surface area contributed by atoms with Crippen LogP contribution in [-0.2, 0) is 9.59 Å². The van der Waals surface area contributed by atoms with Crippen LogP contribution in [-0.4, -0.2) is 38.8 Å². The molecule has 3 rings (SSSR count). The molecule has 136 valence electrons. The molecule has 0 spiro atoms. The Kier molecular flexibility index (Phi) is 4.97. The molecule has 0 bridgehead atoms. The summed E-state index contributed by atoms with van der Waals surface area (Å²) in [5, 5.41) is 2.88. The molecule has 6 nitrogen and oxygen atoms in total. The lowest BCUT2D eigenvalue weighted by Gasteiger charge is -2.26. The minimum Gasteiger partial charge on any atom is -0.328 e. The Balaban J connectivity index is 1.82. The van der Waals surface area contributed by atoms with Gasteiger partial charge in [-0.1, -0.05) is 6.07 Å². The van der Waals surface area contributed by atoms with E-state index in [4.69, 9.17) is 0 Å². The molecule has 0 saturated carbocycles. The number of nitrogens with one attached hydrogen (secondary N) is 1. The maximum absolute atomic E-state index is 13.0. The Morgan fingerprint density at radius 2 is 1.92 bits per heavy atom. The Morgan fingerprint density at radius 3 is 2.58 bits per heavy atom. The molecular weight excluding hydrogens is 335 g/mol. The summed E-state index contributed by atoms with van der Waals surface area (Å²) in [5.74, 6) is -0.422. The zero-order valence-electron chi connectivity index (χ0n) is 15.0. The van der Waals surface area contributed by atoms with Crippen molar-refractivity contribution in [2.45, 2.75) is 45.7 Å². The minimum atomic E-state index is -0.504. The van der Waals surface area contributed by atoms with Gasteiger partial charge in [-0.3, -0.25) is 9.59 Å². The van der Waals surface area contributed by atoms with Crippen LogP contribution in [0.15, 0.2) is 30.6 Å². The lowest BCUT2D eigenvalue weighted by molar-refractivity contribution is -0.136. The van der Waals surface area contributed by atoms with E-state index in [0.717, 1.165) is 24.4 Å². The van der Waals surface area contributed by atoms with Crippen molar-refractivity contribution in [2.24, 2.45) is 0 Å². The van der Waals surface area contributed by atoms with E-state index in [1.54, 1.807) is 17.0 Å². The molecule has 1 aliphatic heterocycles. The molecule has 2 amide bonds. The molecule has 7 heteroatoms. The van der Waals surface area contributed by atoms with Crippen molar-refractivity contribution in [1.82, 2.24) is 14.9 Å². The average Bonchev–Trinajstić information content (AvgIpc) is 2.99. The van der Waals surface area contributed by atoms with Crippen molar-refractivity contribution in [3.63, 3.8) is 0 Å². The Hall–Kier alpha value is -2.83. The summed E-state index contributed by atoms with van der Waals surface area (Å²) in [6.45, 7) is 5.33. The van der Waals surface area contributed by atoms with E-state index < -0.39 is 11.9 Å². The first kappa shape index (κ1) is 18.0. The number of carbonyl (C=O) groups is 2. The van der Waals surface area contributed by atoms with Gasteiger partial charge >= 0.3 is 0 Å². The van der Waals surface area contributed by atoms with Gasteiger partial charge in [-0.15, -0.1) is 0 Å². The second kappa shape index (κ2) is 7.19. The molecule has 1 aromatic heterocycles. The highest BCUT2D eigenvalue weighted by atomic mass is 19.1. The summed E-state index contributed by atoms with van der Waals surface area (Å²) in [4.78, 5) is 34.1. The number of nitrogens with zero attached hydrogens (tertiary/aromatic N) is 3. The molecule has 2 heterocycles.